The molecule has 0 aliphatic carbocycles. The molecular weight excluding hydrogens is 241 g/mol. The van der Waals surface area contributed by atoms with Gasteiger partial charge in [-0.15, -0.1) is 0 Å². The van der Waals surface area contributed by atoms with Crippen LogP contribution in [0.3, 0.4) is 0 Å². The maximum atomic E-state index is 13.5. The third-order valence-corrected chi connectivity index (χ3v) is 2.96. The van der Waals surface area contributed by atoms with Gasteiger partial charge in [-0.05, 0) is 24.5 Å². The molecule has 0 aliphatic heterocycles. The van der Waals surface area contributed by atoms with Gasteiger partial charge >= 0.3 is 0 Å². The first-order valence-electron chi connectivity index (χ1n) is 5.81. The van der Waals surface area contributed by atoms with Gasteiger partial charge in [0.2, 0.25) is 0 Å². The Morgan fingerprint density at radius 1 is 1.41 bits per heavy atom. The summed E-state index contributed by atoms with van der Waals surface area (Å²) in [5.74, 6) is 0.168. The number of halogens is 2. The molecule has 1 atom stereocenters. The molecule has 0 radical (unpaired) electrons. The van der Waals surface area contributed by atoms with Crippen LogP contribution in [-0.2, 0) is 6.54 Å². The predicted octanol–water partition coefficient (Wildman–Crippen LogP) is 2.98. The number of hydrogen-bond acceptors (Lipinski definition) is 2. The molecule has 0 saturated carbocycles. The SMILES string of the molecule is CC(C)CC(CO)NCc1c(F)cccc1Cl. The molecule has 4 heteroatoms. The highest BCUT2D eigenvalue weighted by atomic mass is 35.5. The lowest BCUT2D eigenvalue weighted by Gasteiger charge is -2.18. The Hall–Kier alpha value is -0.640. The van der Waals surface area contributed by atoms with E-state index in [0.717, 1.165) is 6.42 Å². The maximum absolute atomic E-state index is 13.5. The summed E-state index contributed by atoms with van der Waals surface area (Å²) in [5.41, 5.74) is 0.455. The van der Waals surface area contributed by atoms with E-state index in [1.165, 1.54) is 6.07 Å². The molecule has 17 heavy (non-hydrogen) atoms. The Kier molecular flexibility index (Phi) is 5.89. The van der Waals surface area contributed by atoms with Crippen molar-refractivity contribution in [3.05, 3.63) is 34.6 Å². The van der Waals surface area contributed by atoms with Crippen molar-refractivity contribution in [3.63, 3.8) is 0 Å². The lowest BCUT2D eigenvalue weighted by molar-refractivity contribution is 0.223. The molecule has 0 spiro atoms. The molecule has 0 amide bonds. The highest BCUT2D eigenvalue weighted by Crippen LogP contribution is 2.19. The fraction of sp³-hybridized carbons (Fsp3) is 0.538. The zero-order valence-electron chi connectivity index (χ0n) is 10.2. The lowest BCUT2D eigenvalue weighted by Crippen LogP contribution is -2.33. The summed E-state index contributed by atoms with van der Waals surface area (Å²) in [6.07, 6.45) is 0.850. The number of benzene rings is 1. The van der Waals surface area contributed by atoms with Crippen molar-refractivity contribution in [3.8, 4) is 0 Å². The fourth-order valence-corrected chi connectivity index (χ4v) is 1.97. The van der Waals surface area contributed by atoms with Crippen molar-refractivity contribution in [2.45, 2.75) is 32.9 Å². The molecule has 2 nitrogen and oxygen atoms in total. The second kappa shape index (κ2) is 6.94. The predicted molar refractivity (Wildman–Crippen MR) is 68.6 cm³/mol. The number of aliphatic hydroxyl groups excluding tert-OH is 1. The fourth-order valence-electron chi connectivity index (χ4n) is 1.74. The minimum Gasteiger partial charge on any atom is -0.395 e. The highest BCUT2D eigenvalue weighted by Gasteiger charge is 2.12. The second-order valence-electron chi connectivity index (χ2n) is 4.59. The van der Waals surface area contributed by atoms with E-state index in [4.69, 9.17) is 11.6 Å². The molecule has 1 aromatic carbocycles. The first-order chi connectivity index (χ1) is 8.04. The Bertz CT molecular complexity index is 337. The van der Waals surface area contributed by atoms with Crippen LogP contribution in [0.5, 0.6) is 0 Å². The van der Waals surface area contributed by atoms with Crippen molar-refractivity contribution >= 4 is 11.6 Å². The zero-order chi connectivity index (χ0) is 12.8. The van der Waals surface area contributed by atoms with E-state index in [0.29, 0.717) is 23.0 Å². The average molecular weight is 260 g/mol. The van der Waals surface area contributed by atoms with Crippen LogP contribution in [0.25, 0.3) is 0 Å². The van der Waals surface area contributed by atoms with E-state index in [9.17, 15) is 9.50 Å². The van der Waals surface area contributed by atoms with Crippen molar-refractivity contribution in [1.82, 2.24) is 5.32 Å². The molecule has 0 fully saturated rings. The van der Waals surface area contributed by atoms with Crippen molar-refractivity contribution in [2.75, 3.05) is 6.61 Å². The van der Waals surface area contributed by atoms with Gasteiger partial charge in [-0.2, -0.15) is 0 Å². The summed E-state index contributed by atoms with van der Waals surface area (Å²) < 4.78 is 13.5. The first kappa shape index (κ1) is 14.4. The van der Waals surface area contributed by atoms with E-state index < -0.39 is 0 Å². The van der Waals surface area contributed by atoms with Crippen LogP contribution in [-0.4, -0.2) is 17.8 Å². The topological polar surface area (TPSA) is 32.3 Å². The summed E-state index contributed by atoms with van der Waals surface area (Å²) in [6, 6.07) is 4.61. The van der Waals surface area contributed by atoms with E-state index in [2.05, 4.69) is 19.2 Å². The van der Waals surface area contributed by atoms with Crippen LogP contribution in [0.15, 0.2) is 18.2 Å². The quantitative estimate of drug-likeness (QED) is 0.823. The van der Waals surface area contributed by atoms with Gasteiger partial charge in [-0.3, -0.25) is 0 Å². The first-order valence-corrected chi connectivity index (χ1v) is 6.19. The Morgan fingerprint density at radius 2 is 2.12 bits per heavy atom. The molecule has 0 aliphatic rings. The second-order valence-corrected chi connectivity index (χ2v) is 5.00. The Balaban J connectivity index is 2.59. The molecule has 1 unspecified atom stereocenters. The average Bonchev–Trinajstić information content (AvgIpc) is 2.26. The van der Waals surface area contributed by atoms with Gasteiger partial charge in [0.15, 0.2) is 0 Å². The van der Waals surface area contributed by atoms with Gasteiger partial charge in [-0.1, -0.05) is 31.5 Å². The summed E-state index contributed by atoms with van der Waals surface area (Å²) in [7, 11) is 0. The Labute approximate surface area is 107 Å². The molecular formula is C13H19ClFNO. The molecule has 1 aromatic rings. The smallest absolute Gasteiger partial charge is 0.129 e. The normalized spacial score (nSPS) is 13.1. The summed E-state index contributed by atoms with van der Waals surface area (Å²) in [6.45, 7) is 4.55. The largest absolute Gasteiger partial charge is 0.395 e. The zero-order valence-corrected chi connectivity index (χ0v) is 11.0. The monoisotopic (exact) mass is 259 g/mol. The third-order valence-electron chi connectivity index (χ3n) is 2.61. The summed E-state index contributed by atoms with van der Waals surface area (Å²) in [4.78, 5) is 0. The molecule has 0 heterocycles. The molecule has 0 bridgehead atoms. The number of rotatable bonds is 6. The third kappa shape index (κ3) is 4.62. The van der Waals surface area contributed by atoms with Gasteiger partial charge < -0.3 is 10.4 Å². The van der Waals surface area contributed by atoms with Gasteiger partial charge in [-0.25, -0.2) is 4.39 Å². The minimum absolute atomic E-state index is 0.0225. The number of hydrogen-bond donors (Lipinski definition) is 2. The molecule has 1 rings (SSSR count). The van der Waals surface area contributed by atoms with Crippen LogP contribution >= 0.6 is 11.6 Å². The molecule has 0 aromatic heterocycles. The Morgan fingerprint density at radius 3 is 2.65 bits per heavy atom. The molecule has 0 saturated heterocycles. The number of aliphatic hydroxyl groups is 1. The molecule has 96 valence electrons. The molecule has 2 N–H and O–H groups in total. The standard InChI is InChI=1S/C13H19ClFNO/c1-9(2)6-10(8-17)16-7-11-12(14)4-3-5-13(11)15/h3-5,9-10,16-17H,6-8H2,1-2H3. The van der Waals surface area contributed by atoms with Gasteiger partial charge in [0.1, 0.15) is 5.82 Å². The maximum Gasteiger partial charge on any atom is 0.129 e. The number of nitrogens with one attached hydrogen (secondary N) is 1. The van der Waals surface area contributed by atoms with E-state index in [1.807, 2.05) is 0 Å². The van der Waals surface area contributed by atoms with Crippen LogP contribution in [0.4, 0.5) is 4.39 Å². The van der Waals surface area contributed by atoms with Gasteiger partial charge in [0.05, 0.1) is 6.61 Å². The van der Waals surface area contributed by atoms with E-state index in [-0.39, 0.29) is 18.5 Å². The van der Waals surface area contributed by atoms with Gasteiger partial charge in [0, 0.05) is 23.2 Å². The van der Waals surface area contributed by atoms with Crippen LogP contribution in [0.2, 0.25) is 5.02 Å². The van der Waals surface area contributed by atoms with Crippen molar-refractivity contribution in [1.29, 1.82) is 0 Å². The highest BCUT2D eigenvalue weighted by molar-refractivity contribution is 6.31. The van der Waals surface area contributed by atoms with E-state index >= 15 is 0 Å². The van der Waals surface area contributed by atoms with Crippen molar-refractivity contribution in [2.24, 2.45) is 5.92 Å². The summed E-state index contributed by atoms with van der Waals surface area (Å²) >= 11 is 5.92. The van der Waals surface area contributed by atoms with E-state index in [1.54, 1.807) is 12.1 Å². The van der Waals surface area contributed by atoms with Crippen LogP contribution in [0.1, 0.15) is 25.8 Å². The minimum atomic E-state index is -0.314. The van der Waals surface area contributed by atoms with Crippen molar-refractivity contribution < 1.29 is 9.50 Å². The summed E-state index contributed by atoms with van der Waals surface area (Å²) in [5, 5.41) is 12.7. The van der Waals surface area contributed by atoms with Crippen LogP contribution < -0.4 is 5.32 Å². The van der Waals surface area contributed by atoms with Gasteiger partial charge in [0.25, 0.3) is 0 Å². The van der Waals surface area contributed by atoms with Crippen LogP contribution in [0, 0.1) is 11.7 Å². The lowest BCUT2D eigenvalue weighted by atomic mass is 10.0.